The van der Waals surface area contributed by atoms with Gasteiger partial charge in [0.05, 0.1) is 24.0 Å². The van der Waals surface area contributed by atoms with Crippen molar-refractivity contribution in [2.24, 2.45) is 5.41 Å². The molecule has 2 aromatic heterocycles. The van der Waals surface area contributed by atoms with E-state index in [9.17, 15) is 9.90 Å². The molecule has 6 nitrogen and oxygen atoms in total. The Hall–Kier alpha value is -3.41. The van der Waals surface area contributed by atoms with Gasteiger partial charge in [0.25, 0.3) is 0 Å². The minimum absolute atomic E-state index is 0.0554. The van der Waals surface area contributed by atoms with E-state index < -0.39 is 5.97 Å². The Kier molecular flexibility index (Phi) is 6.63. The van der Waals surface area contributed by atoms with Crippen molar-refractivity contribution in [1.82, 2.24) is 9.97 Å². The van der Waals surface area contributed by atoms with Gasteiger partial charge in [-0.05, 0) is 42.9 Å². The number of hydrogen-bond acceptors (Lipinski definition) is 5. The third-order valence-electron chi connectivity index (χ3n) is 6.39. The summed E-state index contributed by atoms with van der Waals surface area (Å²) in [7, 11) is 0. The molecule has 1 fully saturated rings. The molecule has 1 aliphatic heterocycles. The molecule has 0 amide bonds. The normalized spacial score (nSPS) is 15.3. The van der Waals surface area contributed by atoms with Crippen LogP contribution in [0, 0.1) is 12.3 Å². The topological polar surface area (TPSA) is 75.6 Å². The van der Waals surface area contributed by atoms with E-state index >= 15 is 0 Å². The van der Waals surface area contributed by atoms with Crippen LogP contribution in [0.25, 0.3) is 11.3 Å². The highest BCUT2D eigenvalue weighted by Crippen LogP contribution is 2.39. The lowest BCUT2D eigenvalue weighted by Gasteiger charge is -2.40. The number of carbonyl (C=O) groups is 1. The summed E-state index contributed by atoms with van der Waals surface area (Å²) in [5.41, 5.74) is 5.49. The SMILES string of the molecule is Cc1ncc(-c2ccc(OCc3ccccc3)cn2)c(N2CCC(C)(C)CC2)c1CC(=O)O. The second-order valence-corrected chi connectivity index (χ2v) is 9.46. The summed E-state index contributed by atoms with van der Waals surface area (Å²) in [6.07, 6.45) is 5.60. The molecule has 1 saturated heterocycles. The van der Waals surface area contributed by atoms with E-state index in [0.717, 1.165) is 59.7 Å². The van der Waals surface area contributed by atoms with Gasteiger partial charge >= 0.3 is 5.97 Å². The number of aromatic nitrogens is 2. The Morgan fingerprint density at radius 1 is 1.06 bits per heavy atom. The van der Waals surface area contributed by atoms with Crippen molar-refractivity contribution in [2.75, 3.05) is 18.0 Å². The first-order valence-electron chi connectivity index (χ1n) is 11.4. The highest BCUT2D eigenvalue weighted by Gasteiger charge is 2.29. The van der Waals surface area contributed by atoms with Crippen molar-refractivity contribution >= 4 is 11.7 Å². The minimum atomic E-state index is -0.853. The fourth-order valence-electron chi connectivity index (χ4n) is 4.25. The van der Waals surface area contributed by atoms with Gasteiger partial charge in [-0.15, -0.1) is 0 Å². The number of aliphatic carboxylic acids is 1. The molecule has 0 aliphatic carbocycles. The van der Waals surface area contributed by atoms with E-state index in [1.807, 2.05) is 55.6 Å². The number of hydrogen-bond donors (Lipinski definition) is 1. The van der Waals surface area contributed by atoms with Crippen molar-refractivity contribution < 1.29 is 14.6 Å². The van der Waals surface area contributed by atoms with E-state index in [0.29, 0.717) is 17.8 Å². The first-order chi connectivity index (χ1) is 15.8. The average molecular weight is 446 g/mol. The molecule has 0 unspecified atom stereocenters. The van der Waals surface area contributed by atoms with Crippen LogP contribution in [0.5, 0.6) is 5.75 Å². The fraction of sp³-hybridized carbons (Fsp3) is 0.370. The number of aryl methyl sites for hydroxylation is 1. The lowest BCUT2D eigenvalue weighted by molar-refractivity contribution is -0.136. The molecule has 4 rings (SSSR count). The van der Waals surface area contributed by atoms with Gasteiger partial charge in [0.2, 0.25) is 0 Å². The van der Waals surface area contributed by atoms with Crippen LogP contribution in [0.2, 0.25) is 0 Å². The second-order valence-electron chi connectivity index (χ2n) is 9.46. The van der Waals surface area contributed by atoms with Crippen LogP contribution >= 0.6 is 0 Å². The molecule has 1 aromatic carbocycles. The summed E-state index contributed by atoms with van der Waals surface area (Å²) >= 11 is 0. The first kappa shape index (κ1) is 22.8. The largest absolute Gasteiger partial charge is 0.487 e. The highest BCUT2D eigenvalue weighted by atomic mass is 16.5. The van der Waals surface area contributed by atoms with Gasteiger partial charge in [0, 0.05) is 36.1 Å². The standard InChI is InChI=1S/C27H31N3O3/c1-19-22(15-25(31)32)26(30-13-11-27(2,3)12-14-30)23(17-28-19)24-10-9-21(16-29-24)33-18-20-7-5-4-6-8-20/h4-10,16-17H,11-15,18H2,1-3H3,(H,31,32). The van der Waals surface area contributed by atoms with Crippen LogP contribution in [-0.4, -0.2) is 34.1 Å². The van der Waals surface area contributed by atoms with Crippen molar-refractivity contribution in [3.63, 3.8) is 0 Å². The minimum Gasteiger partial charge on any atom is -0.487 e. The molecule has 1 aliphatic rings. The van der Waals surface area contributed by atoms with Gasteiger partial charge in [0.1, 0.15) is 12.4 Å². The molecule has 0 spiro atoms. The quantitative estimate of drug-likeness (QED) is 0.533. The molecule has 6 heteroatoms. The Labute approximate surface area is 195 Å². The van der Waals surface area contributed by atoms with Crippen molar-refractivity contribution in [3.8, 4) is 17.0 Å². The van der Waals surface area contributed by atoms with Gasteiger partial charge in [-0.3, -0.25) is 14.8 Å². The smallest absolute Gasteiger partial charge is 0.307 e. The fourth-order valence-corrected chi connectivity index (χ4v) is 4.25. The number of anilines is 1. The molecule has 3 aromatic rings. The van der Waals surface area contributed by atoms with Gasteiger partial charge in [-0.25, -0.2) is 0 Å². The molecule has 0 saturated carbocycles. The Morgan fingerprint density at radius 3 is 2.42 bits per heavy atom. The van der Waals surface area contributed by atoms with Crippen LogP contribution in [0.4, 0.5) is 5.69 Å². The summed E-state index contributed by atoms with van der Waals surface area (Å²) in [5, 5.41) is 9.57. The third kappa shape index (κ3) is 5.51. The highest BCUT2D eigenvalue weighted by molar-refractivity contribution is 5.83. The van der Waals surface area contributed by atoms with Crippen molar-refractivity contribution in [2.45, 2.75) is 46.6 Å². The Bertz CT molecular complexity index is 1100. The lowest BCUT2D eigenvalue weighted by atomic mass is 9.82. The number of nitrogens with zero attached hydrogens (tertiary/aromatic N) is 3. The van der Waals surface area contributed by atoms with E-state index in [4.69, 9.17) is 4.74 Å². The van der Waals surface area contributed by atoms with Crippen LogP contribution in [0.3, 0.4) is 0 Å². The molecule has 0 bridgehead atoms. The number of ether oxygens (including phenoxy) is 1. The zero-order chi connectivity index (χ0) is 23.4. The zero-order valence-electron chi connectivity index (χ0n) is 19.5. The summed E-state index contributed by atoms with van der Waals surface area (Å²) < 4.78 is 5.88. The van der Waals surface area contributed by atoms with E-state index in [-0.39, 0.29) is 6.42 Å². The third-order valence-corrected chi connectivity index (χ3v) is 6.39. The van der Waals surface area contributed by atoms with E-state index in [2.05, 4.69) is 28.7 Å². The molecule has 33 heavy (non-hydrogen) atoms. The van der Waals surface area contributed by atoms with Gasteiger partial charge in [-0.1, -0.05) is 44.2 Å². The molecule has 0 atom stereocenters. The van der Waals surface area contributed by atoms with Gasteiger partial charge < -0.3 is 14.7 Å². The summed E-state index contributed by atoms with van der Waals surface area (Å²) in [6.45, 7) is 8.70. The molecular formula is C27H31N3O3. The van der Waals surface area contributed by atoms with Gasteiger partial charge in [-0.2, -0.15) is 0 Å². The van der Waals surface area contributed by atoms with Crippen molar-refractivity contribution in [1.29, 1.82) is 0 Å². The predicted octanol–water partition coefficient (Wildman–Crippen LogP) is 5.28. The van der Waals surface area contributed by atoms with Crippen LogP contribution in [-0.2, 0) is 17.8 Å². The summed E-state index contributed by atoms with van der Waals surface area (Å²) in [4.78, 5) is 23.2. The molecule has 172 valence electrons. The second kappa shape index (κ2) is 9.61. The molecule has 3 heterocycles. The Balaban J connectivity index is 1.64. The first-order valence-corrected chi connectivity index (χ1v) is 11.4. The van der Waals surface area contributed by atoms with E-state index in [1.54, 1.807) is 6.20 Å². The number of carboxylic acid groups (broad SMARTS) is 1. The predicted molar refractivity (Wildman–Crippen MR) is 130 cm³/mol. The maximum absolute atomic E-state index is 11.7. The molecular weight excluding hydrogens is 414 g/mol. The summed E-state index contributed by atoms with van der Waals surface area (Å²) in [5.74, 6) is -0.164. The summed E-state index contributed by atoms with van der Waals surface area (Å²) in [6, 6.07) is 13.8. The zero-order valence-corrected chi connectivity index (χ0v) is 19.5. The number of rotatable bonds is 7. The maximum Gasteiger partial charge on any atom is 0.307 e. The molecule has 0 radical (unpaired) electrons. The van der Waals surface area contributed by atoms with Gasteiger partial charge in [0.15, 0.2) is 0 Å². The number of pyridine rings is 2. The van der Waals surface area contributed by atoms with Crippen LogP contribution in [0.1, 0.15) is 43.5 Å². The Morgan fingerprint density at radius 2 is 1.79 bits per heavy atom. The van der Waals surface area contributed by atoms with Crippen molar-refractivity contribution in [3.05, 3.63) is 71.7 Å². The molecule has 1 N–H and O–H groups in total. The number of carboxylic acids is 1. The number of benzene rings is 1. The number of piperidine rings is 1. The average Bonchev–Trinajstić information content (AvgIpc) is 2.80. The van der Waals surface area contributed by atoms with E-state index in [1.165, 1.54) is 0 Å². The monoisotopic (exact) mass is 445 g/mol. The lowest BCUT2D eigenvalue weighted by Crippen LogP contribution is -2.38. The maximum atomic E-state index is 11.7. The van der Waals surface area contributed by atoms with Crippen LogP contribution in [0.15, 0.2) is 54.9 Å². The van der Waals surface area contributed by atoms with Crippen LogP contribution < -0.4 is 9.64 Å².